The van der Waals surface area contributed by atoms with E-state index >= 15 is 0 Å². The first-order valence-electron chi connectivity index (χ1n) is 7.85. The minimum atomic E-state index is -0.509. The number of amides is 1. The number of hydrogen-bond donors (Lipinski definition) is 1. The molecule has 2 N–H and O–H groups in total. The van der Waals surface area contributed by atoms with Gasteiger partial charge in [0.15, 0.2) is 6.23 Å². The van der Waals surface area contributed by atoms with E-state index in [-0.39, 0.29) is 18.6 Å². The van der Waals surface area contributed by atoms with Gasteiger partial charge in [0.05, 0.1) is 30.3 Å². The van der Waals surface area contributed by atoms with E-state index in [1.807, 2.05) is 32.0 Å². The van der Waals surface area contributed by atoms with Crippen molar-refractivity contribution in [1.82, 2.24) is 19.9 Å². The summed E-state index contributed by atoms with van der Waals surface area (Å²) in [4.78, 5) is 21.1. The minimum absolute atomic E-state index is 0.0188. The number of benzene rings is 1. The third-order valence-corrected chi connectivity index (χ3v) is 4.12. The molecular weight excluding hydrogens is 310 g/mol. The fraction of sp³-hybridized carbons (Fsp3) is 0.438. The lowest BCUT2D eigenvalue weighted by molar-refractivity contribution is -0.130. The van der Waals surface area contributed by atoms with E-state index < -0.39 is 6.23 Å². The molecule has 0 saturated carbocycles. The van der Waals surface area contributed by atoms with Gasteiger partial charge in [-0.05, 0) is 32.4 Å². The fourth-order valence-electron chi connectivity index (χ4n) is 2.89. The molecule has 0 radical (unpaired) electrons. The van der Waals surface area contributed by atoms with Crippen molar-refractivity contribution in [3.05, 3.63) is 41.7 Å². The molecule has 128 valence electrons. The topological polar surface area (TPSA) is 95.5 Å². The molecule has 8 heteroatoms. The minimum Gasteiger partial charge on any atom is -0.356 e. The van der Waals surface area contributed by atoms with Gasteiger partial charge >= 0.3 is 0 Å². The molecule has 2 atom stereocenters. The van der Waals surface area contributed by atoms with Crippen molar-refractivity contribution >= 4 is 5.91 Å². The van der Waals surface area contributed by atoms with E-state index in [4.69, 9.17) is 15.5 Å². The van der Waals surface area contributed by atoms with Crippen molar-refractivity contribution in [2.45, 2.75) is 32.5 Å². The highest BCUT2D eigenvalue weighted by Crippen LogP contribution is 2.24. The molecule has 0 unspecified atom stereocenters. The maximum atomic E-state index is 13.2. The first-order valence-corrected chi connectivity index (χ1v) is 7.85. The SMILES string of the molecule is Cc1ccc(-n2nccn2)c(C(=O)N2[C@H](CON)OCC[C@@H]2C)c1. The zero-order valence-corrected chi connectivity index (χ0v) is 13.8. The molecule has 2 aromatic rings. The summed E-state index contributed by atoms with van der Waals surface area (Å²) < 4.78 is 5.67. The van der Waals surface area contributed by atoms with Crippen LogP contribution in [-0.4, -0.2) is 51.3 Å². The van der Waals surface area contributed by atoms with Gasteiger partial charge in [0.25, 0.3) is 5.91 Å². The molecule has 1 aliphatic rings. The zero-order valence-electron chi connectivity index (χ0n) is 13.8. The Morgan fingerprint density at radius 2 is 2.17 bits per heavy atom. The average molecular weight is 331 g/mol. The van der Waals surface area contributed by atoms with Crippen molar-refractivity contribution in [3.8, 4) is 5.69 Å². The number of carbonyl (C=O) groups is 1. The Morgan fingerprint density at radius 1 is 1.42 bits per heavy atom. The van der Waals surface area contributed by atoms with E-state index in [0.717, 1.165) is 12.0 Å². The number of ether oxygens (including phenoxy) is 1. The van der Waals surface area contributed by atoms with E-state index in [0.29, 0.717) is 17.9 Å². The summed E-state index contributed by atoms with van der Waals surface area (Å²) in [6.07, 6.45) is 3.40. The highest BCUT2D eigenvalue weighted by atomic mass is 16.6. The van der Waals surface area contributed by atoms with Gasteiger partial charge in [-0.15, -0.1) is 0 Å². The van der Waals surface area contributed by atoms with Crippen LogP contribution in [0, 0.1) is 6.92 Å². The Labute approximate surface area is 140 Å². The van der Waals surface area contributed by atoms with Gasteiger partial charge in [0, 0.05) is 6.04 Å². The third-order valence-electron chi connectivity index (χ3n) is 4.12. The summed E-state index contributed by atoms with van der Waals surface area (Å²) in [5.41, 5.74) is 2.12. The van der Waals surface area contributed by atoms with E-state index in [9.17, 15) is 4.79 Å². The molecule has 24 heavy (non-hydrogen) atoms. The van der Waals surface area contributed by atoms with E-state index in [2.05, 4.69) is 10.2 Å². The van der Waals surface area contributed by atoms with Crippen LogP contribution in [0.1, 0.15) is 29.3 Å². The standard InChI is InChI=1S/C16H21N5O3/c1-11-3-4-14(21-18-6-7-19-21)13(9-11)16(22)20-12(2)5-8-23-15(20)10-24-17/h3-4,6-7,9,12,15H,5,8,10,17H2,1-2H3/t12-,15-/m0/s1. The number of nitrogens with zero attached hydrogens (tertiary/aromatic N) is 4. The highest BCUT2D eigenvalue weighted by Gasteiger charge is 2.34. The molecule has 3 rings (SSSR count). The highest BCUT2D eigenvalue weighted by molar-refractivity contribution is 5.98. The quantitative estimate of drug-likeness (QED) is 0.841. The van der Waals surface area contributed by atoms with Gasteiger partial charge < -0.3 is 9.64 Å². The summed E-state index contributed by atoms with van der Waals surface area (Å²) in [5.74, 6) is 5.04. The molecule has 1 fully saturated rings. The van der Waals surface area contributed by atoms with Crippen molar-refractivity contribution in [1.29, 1.82) is 0 Å². The van der Waals surface area contributed by atoms with Gasteiger partial charge in [-0.3, -0.25) is 9.63 Å². The largest absolute Gasteiger partial charge is 0.356 e. The lowest BCUT2D eigenvalue weighted by Gasteiger charge is -2.40. The number of hydrogen-bond acceptors (Lipinski definition) is 6. The lowest BCUT2D eigenvalue weighted by atomic mass is 10.1. The van der Waals surface area contributed by atoms with Crippen LogP contribution in [0.3, 0.4) is 0 Å². The van der Waals surface area contributed by atoms with Crippen LogP contribution in [-0.2, 0) is 9.57 Å². The molecule has 2 heterocycles. The smallest absolute Gasteiger partial charge is 0.258 e. The number of carbonyl (C=O) groups excluding carboxylic acids is 1. The number of rotatable bonds is 4. The molecule has 0 aliphatic carbocycles. The van der Waals surface area contributed by atoms with Crippen LogP contribution in [0.4, 0.5) is 0 Å². The van der Waals surface area contributed by atoms with Crippen LogP contribution in [0.5, 0.6) is 0 Å². The predicted molar refractivity (Wildman–Crippen MR) is 86.2 cm³/mol. The van der Waals surface area contributed by atoms with E-state index in [1.54, 1.807) is 17.3 Å². The summed E-state index contributed by atoms with van der Waals surface area (Å²) >= 11 is 0. The Kier molecular flexibility index (Phi) is 4.89. The van der Waals surface area contributed by atoms with Crippen molar-refractivity contribution in [2.75, 3.05) is 13.2 Å². The molecule has 0 spiro atoms. The van der Waals surface area contributed by atoms with E-state index in [1.165, 1.54) is 4.80 Å². The summed E-state index contributed by atoms with van der Waals surface area (Å²) in [6, 6.07) is 5.62. The van der Waals surface area contributed by atoms with Gasteiger partial charge in [-0.25, -0.2) is 5.90 Å². The molecule has 1 saturated heterocycles. The molecule has 1 aromatic carbocycles. The van der Waals surface area contributed by atoms with Crippen molar-refractivity contribution in [2.24, 2.45) is 5.90 Å². The number of nitrogens with two attached hydrogens (primary N) is 1. The lowest BCUT2D eigenvalue weighted by Crippen LogP contribution is -2.53. The monoisotopic (exact) mass is 331 g/mol. The molecule has 1 amide bonds. The molecule has 0 bridgehead atoms. The maximum absolute atomic E-state index is 13.2. The summed E-state index contributed by atoms with van der Waals surface area (Å²) in [5, 5.41) is 8.28. The summed E-state index contributed by atoms with van der Waals surface area (Å²) in [7, 11) is 0. The molecule has 8 nitrogen and oxygen atoms in total. The first kappa shape index (κ1) is 16.6. The number of aromatic nitrogens is 3. The van der Waals surface area contributed by atoms with Crippen LogP contribution in [0.15, 0.2) is 30.6 Å². The fourth-order valence-corrected chi connectivity index (χ4v) is 2.89. The van der Waals surface area contributed by atoms with Crippen LogP contribution >= 0.6 is 0 Å². The first-order chi connectivity index (χ1) is 11.6. The van der Waals surface area contributed by atoms with Crippen molar-refractivity contribution in [3.63, 3.8) is 0 Å². The summed E-state index contributed by atoms with van der Waals surface area (Å²) in [6.45, 7) is 4.62. The normalized spacial score (nSPS) is 21.0. The Morgan fingerprint density at radius 3 is 2.88 bits per heavy atom. The Balaban J connectivity index is 2.00. The maximum Gasteiger partial charge on any atom is 0.258 e. The second-order valence-corrected chi connectivity index (χ2v) is 5.85. The van der Waals surface area contributed by atoms with Gasteiger partial charge in [0.1, 0.15) is 6.61 Å². The van der Waals surface area contributed by atoms with Crippen molar-refractivity contribution < 1.29 is 14.4 Å². The van der Waals surface area contributed by atoms with Crippen LogP contribution in [0.25, 0.3) is 5.69 Å². The second-order valence-electron chi connectivity index (χ2n) is 5.85. The molecule has 1 aromatic heterocycles. The molecular formula is C16H21N5O3. The van der Waals surface area contributed by atoms with Crippen LogP contribution < -0.4 is 5.90 Å². The second kappa shape index (κ2) is 7.08. The predicted octanol–water partition coefficient (Wildman–Crippen LogP) is 1.04. The van der Waals surface area contributed by atoms with Gasteiger partial charge in [0.2, 0.25) is 0 Å². The van der Waals surface area contributed by atoms with Gasteiger partial charge in [-0.2, -0.15) is 15.0 Å². The Hall–Kier alpha value is -2.29. The van der Waals surface area contributed by atoms with Gasteiger partial charge in [-0.1, -0.05) is 11.6 Å². The third kappa shape index (κ3) is 3.16. The zero-order chi connectivity index (χ0) is 17.1. The Bertz CT molecular complexity index is 702. The molecule has 1 aliphatic heterocycles. The number of aryl methyl sites for hydroxylation is 1. The average Bonchev–Trinajstić information content (AvgIpc) is 3.09. The van der Waals surface area contributed by atoms with Crippen LogP contribution in [0.2, 0.25) is 0 Å².